The molecule has 0 amide bonds. The first-order chi connectivity index (χ1) is 9.72. The van der Waals surface area contributed by atoms with E-state index in [1.807, 2.05) is 36.7 Å². The molecule has 4 heteroatoms. The predicted molar refractivity (Wildman–Crippen MR) is 88.2 cm³/mol. The third-order valence-corrected chi connectivity index (χ3v) is 4.34. The molecule has 3 aromatic rings. The van der Waals surface area contributed by atoms with Gasteiger partial charge in [0.15, 0.2) is 0 Å². The van der Waals surface area contributed by atoms with Crippen LogP contribution in [-0.4, -0.2) is 4.98 Å². The molecular formula is C16H12BrClN2. The van der Waals surface area contributed by atoms with Crippen LogP contribution in [0.2, 0.25) is 5.02 Å². The molecule has 0 unspecified atom stereocenters. The zero-order valence-corrected chi connectivity index (χ0v) is 12.9. The normalized spacial score (nSPS) is 10.7. The molecule has 0 radical (unpaired) electrons. The Morgan fingerprint density at radius 2 is 1.95 bits per heavy atom. The summed E-state index contributed by atoms with van der Waals surface area (Å²) in [5.74, 6) is 0. The summed E-state index contributed by atoms with van der Waals surface area (Å²) in [7, 11) is 0. The van der Waals surface area contributed by atoms with Gasteiger partial charge in [-0.2, -0.15) is 0 Å². The van der Waals surface area contributed by atoms with Crippen LogP contribution in [0.15, 0.2) is 59.3 Å². The van der Waals surface area contributed by atoms with E-state index in [1.54, 1.807) is 0 Å². The van der Waals surface area contributed by atoms with Crippen LogP contribution in [-0.2, 0) is 6.54 Å². The first-order valence-electron chi connectivity index (χ1n) is 6.24. The van der Waals surface area contributed by atoms with Crippen molar-refractivity contribution in [2.24, 2.45) is 0 Å². The summed E-state index contributed by atoms with van der Waals surface area (Å²) in [6, 6.07) is 14.2. The van der Waals surface area contributed by atoms with Crippen LogP contribution in [0.4, 0.5) is 5.69 Å². The lowest BCUT2D eigenvalue weighted by atomic mass is 10.1. The van der Waals surface area contributed by atoms with Crippen molar-refractivity contribution in [3.63, 3.8) is 0 Å². The number of pyridine rings is 1. The number of rotatable bonds is 3. The molecular weight excluding hydrogens is 336 g/mol. The van der Waals surface area contributed by atoms with Gasteiger partial charge in [-0.15, -0.1) is 0 Å². The Balaban J connectivity index is 1.77. The van der Waals surface area contributed by atoms with E-state index >= 15 is 0 Å². The quantitative estimate of drug-likeness (QED) is 0.699. The molecule has 0 atom stereocenters. The molecule has 1 aromatic heterocycles. The zero-order chi connectivity index (χ0) is 13.9. The average Bonchev–Trinajstić information content (AvgIpc) is 2.48. The van der Waals surface area contributed by atoms with E-state index in [4.69, 9.17) is 11.6 Å². The summed E-state index contributed by atoms with van der Waals surface area (Å²) in [6.07, 6.45) is 3.69. The number of fused-ring (bicyclic) bond motifs is 1. The summed E-state index contributed by atoms with van der Waals surface area (Å²) in [6.45, 7) is 0.770. The Labute approximate surface area is 130 Å². The number of nitrogens with one attached hydrogen (secondary N) is 1. The van der Waals surface area contributed by atoms with Gasteiger partial charge in [-0.1, -0.05) is 23.7 Å². The van der Waals surface area contributed by atoms with Gasteiger partial charge in [0, 0.05) is 34.5 Å². The Morgan fingerprint density at radius 3 is 2.80 bits per heavy atom. The molecule has 0 aliphatic heterocycles. The molecule has 0 bridgehead atoms. The van der Waals surface area contributed by atoms with Crippen LogP contribution in [0.3, 0.4) is 0 Å². The maximum absolute atomic E-state index is 5.98. The van der Waals surface area contributed by atoms with Crippen LogP contribution in [0.5, 0.6) is 0 Å². The van der Waals surface area contributed by atoms with E-state index in [0.717, 1.165) is 22.1 Å². The lowest BCUT2D eigenvalue weighted by Crippen LogP contribution is -1.99. The van der Waals surface area contributed by atoms with Gasteiger partial charge in [-0.05, 0) is 57.2 Å². The minimum Gasteiger partial charge on any atom is -0.381 e. The summed E-state index contributed by atoms with van der Waals surface area (Å²) < 4.78 is 0.897. The van der Waals surface area contributed by atoms with Crippen molar-refractivity contribution in [2.45, 2.75) is 6.54 Å². The van der Waals surface area contributed by atoms with Gasteiger partial charge in [-0.3, -0.25) is 4.98 Å². The minimum absolute atomic E-state index is 0.716. The molecule has 0 fully saturated rings. The molecule has 100 valence electrons. The number of benzene rings is 2. The fourth-order valence-electron chi connectivity index (χ4n) is 2.05. The fourth-order valence-corrected chi connectivity index (χ4v) is 2.55. The number of nitrogens with zero attached hydrogens (tertiary/aromatic N) is 1. The minimum atomic E-state index is 0.716. The second-order valence-electron chi connectivity index (χ2n) is 4.54. The second kappa shape index (κ2) is 5.81. The standard InChI is InChI=1S/C16H12BrClN2/c17-15-8-14(3-4-16(15)18)20-9-11-1-2-13-10-19-6-5-12(13)7-11/h1-8,10,20H,9H2. The molecule has 0 aliphatic carbocycles. The maximum atomic E-state index is 5.98. The van der Waals surface area contributed by atoms with Gasteiger partial charge in [0.05, 0.1) is 5.02 Å². The Hall–Kier alpha value is -1.58. The van der Waals surface area contributed by atoms with Crippen LogP contribution in [0, 0.1) is 0 Å². The number of aromatic nitrogens is 1. The monoisotopic (exact) mass is 346 g/mol. The third-order valence-electron chi connectivity index (χ3n) is 3.12. The molecule has 20 heavy (non-hydrogen) atoms. The van der Waals surface area contributed by atoms with E-state index < -0.39 is 0 Å². The number of halogens is 2. The SMILES string of the molecule is Clc1ccc(NCc2ccc3cnccc3c2)cc1Br. The molecule has 1 heterocycles. The largest absolute Gasteiger partial charge is 0.381 e. The van der Waals surface area contributed by atoms with Crippen molar-refractivity contribution in [3.05, 3.63) is 69.9 Å². The summed E-state index contributed by atoms with van der Waals surface area (Å²) >= 11 is 9.41. The highest BCUT2D eigenvalue weighted by Crippen LogP contribution is 2.26. The van der Waals surface area contributed by atoms with Crippen molar-refractivity contribution in [3.8, 4) is 0 Å². The zero-order valence-electron chi connectivity index (χ0n) is 10.6. The highest BCUT2D eigenvalue weighted by Gasteiger charge is 2.00. The Bertz CT molecular complexity index is 758. The molecule has 1 N–H and O–H groups in total. The van der Waals surface area contributed by atoms with Crippen molar-refractivity contribution < 1.29 is 0 Å². The van der Waals surface area contributed by atoms with Gasteiger partial charge in [0.1, 0.15) is 0 Å². The lowest BCUT2D eigenvalue weighted by Gasteiger charge is -2.08. The Morgan fingerprint density at radius 1 is 1.05 bits per heavy atom. The van der Waals surface area contributed by atoms with Gasteiger partial charge in [-0.25, -0.2) is 0 Å². The predicted octanol–water partition coefficient (Wildman–Crippen LogP) is 5.26. The fraction of sp³-hybridized carbons (Fsp3) is 0.0625. The van der Waals surface area contributed by atoms with Crippen LogP contribution in [0.25, 0.3) is 10.8 Å². The van der Waals surface area contributed by atoms with Gasteiger partial charge < -0.3 is 5.32 Å². The summed E-state index contributed by atoms with van der Waals surface area (Å²) in [5.41, 5.74) is 2.27. The highest BCUT2D eigenvalue weighted by molar-refractivity contribution is 9.10. The van der Waals surface area contributed by atoms with Crippen LogP contribution in [0.1, 0.15) is 5.56 Å². The average molecular weight is 348 g/mol. The molecule has 2 nitrogen and oxygen atoms in total. The topological polar surface area (TPSA) is 24.9 Å². The first kappa shape index (κ1) is 13.4. The van der Waals surface area contributed by atoms with Crippen molar-refractivity contribution >= 4 is 44.0 Å². The lowest BCUT2D eigenvalue weighted by molar-refractivity contribution is 1.15. The van der Waals surface area contributed by atoms with Crippen molar-refractivity contribution in [2.75, 3.05) is 5.32 Å². The van der Waals surface area contributed by atoms with E-state index in [1.165, 1.54) is 10.9 Å². The summed E-state index contributed by atoms with van der Waals surface area (Å²) in [4.78, 5) is 4.12. The molecule has 2 aromatic carbocycles. The number of hydrogen-bond donors (Lipinski definition) is 1. The summed E-state index contributed by atoms with van der Waals surface area (Å²) in [5, 5.41) is 6.47. The smallest absolute Gasteiger partial charge is 0.0549 e. The Kier molecular flexibility index (Phi) is 3.90. The van der Waals surface area contributed by atoms with Crippen LogP contribution >= 0.6 is 27.5 Å². The van der Waals surface area contributed by atoms with E-state index in [2.05, 4.69) is 44.4 Å². The first-order valence-corrected chi connectivity index (χ1v) is 7.41. The number of anilines is 1. The maximum Gasteiger partial charge on any atom is 0.0549 e. The molecule has 0 aliphatic rings. The second-order valence-corrected chi connectivity index (χ2v) is 5.80. The van der Waals surface area contributed by atoms with E-state index in [-0.39, 0.29) is 0 Å². The molecule has 0 saturated heterocycles. The van der Waals surface area contributed by atoms with Crippen molar-refractivity contribution in [1.82, 2.24) is 4.98 Å². The molecule has 0 saturated carbocycles. The van der Waals surface area contributed by atoms with Crippen molar-refractivity contribution in [1.29, 1.82) is 0 Å². The van der Waals surface area contributed by atoms with Gasteiger partial charge in [0.25, 0.3) is 0 Å². The molecule has 3 rings (SSSR count). The van der Waals surface area contributed by atoms with Gasteiger partial charge >= 0.3 is 0 Å². The third kappa shape index (κ3) is 2.94. The molecule has 0 spiro atoms. The number of hydrogen-bond acceptors (Lipinski definition) is 2. The van der Waals surface area contributed by atoms with E-state index in [0.29, 0.717) is 5.02 Å². The van der Waals surface area contributed by atoms with Crippen LogP contribution < -0.4 is 5.32 Å². The van der Waals surface area contributed by atoms with Gasteiger partial charge in [0.2, 0.25) is 0 Å². The highest BCUT2D eigenvalue weighted by atomic mass is 79.9. The van der Waals surface area contributed by atoms with E-state index in [9.17, 15) is 0 Å².